The Morgan fingerprint density at radius 2 is 1.69 bits per heavy atom. The van der Waals surface area contributed by atoms with Crippen molar-refractivity contribution in [3.63, 3.8) is 0 Å². The van der Waals surface area contributed by atoms with Gasteiger partial charge in [-0.25, -0.2) is 4.98 Å². The third-order valence-corrected chi connectivity index (χ3v) is 14.3. The van der Waals surface area contributed by atoms with Gasteiger partial charge in [-0.2, -0.15) is 0 Å². The highest BCUT2D eigenvalue weighted by atomic mass is 35.5. The van der Waals surface area contributed by atoms with Gasteiger partial charge in [0, 0.05) is 20.7 Å². The van der Waals surface area contributed by atoms with Crippen LogP contribution in [0, 0.1) is 6.92 Å². The van der Waals surface area contributed by atoms with Crippen molar-refractivity contribution in [2.24, 2.45) is 0 Å². The molecule has 0 radical (unpaired) electrons. The van der Waals surface area contributed by atoms with E-state index in [9.17, 15) is 0 Å². The fourth-order valence-electron chi connectivity index (χ4n) is 4.33. The van der Waals surface area contributed by atoms with Gasteiger partial charge in [0.05, 0.1) is 30.4 Å². The lowest BCUT2D eigenvalue weighted by Crippen LogP contribution is -2.47. The van der Waals surface area contributed by atoms with Crippen LogP contribution >= 0.6 is 11.6 Å². The molecule has 2 saturated heterocycles. The number of rotatable bonds is 9. The molecular weight excluding hydrogens is 512 g/mol. The fourth-order valence-corrected chi connectivity index (χ4v) is 6.55. The minimum absolute atomic E-state index is 0.0663. The fraction of sp³-hybridized carbons (Fsp3) is 0.731. The summed E-state index contributed by atoms with van der Waals surface area (Å²) in [6, 6.07) is 5.09. The third kappa shape index (κ3) is 6.03. The van der Waals surface area contributed by atoms with Gasteiger partial charge in [-0.1, -0.05) is 52.0 Å². The van der Waals surface area contributed by atoms with E-state index >= 15 is 0 Å². The molecule has 0 aromatic carbocycles. The van der Waals surface area contributed by atoms with Gasteiger partial charge in [0.25, 0.3) is 0 Å². The van der Waals surface area contributed by atoms with E-state index in [0.29, 0.717) is 31.0 Å². The zero-order valence-corrected chi connectivity index (χ0v) is 26.1. The quantitative estimate of drug-likeness (QED) is 0.207. The van der Waals surface area contributed by atoms with E-state index < -0.39 is 16.4 Å². The number of fused-ring (bicyclic) bond motifs is 2. The number of aromatic nitrogens is 2. The van der Waals surface area contributed by atoms with Crippen LogP contribution in [-0.4, -0.2) is 70.2 Å². The molecule has 0 saturated carbocycles. The zero-order chi connectivity index (χ0) is 26.5. The van der Waals surface area contributed by atoms with Gasteiger partial charge >= 0.3 is 0 Å². The van der Waals surface area contributed by atoms with Crippen molar-refractivity contribution in [1.82, 2.24) is 9.55 Å². The molecule has 7 nitrogen and oxygen atoms in total. The van der Waals surface area contributed by atoms with E-state index in [0.717, 1.165) is 29.2 Å². The molecule has 4 heterocycles. The molecule has 0 N–H and O–H groups in total. The number of ether oxygens (including phenoxy) is 4. The first-order chi connectivity index (χ1) is 16.7. The Morgan fingerprint density at radius 3 is 2.33 bits per heavy atom. The Labute approximate surface area is 222 Å². The monoisotopic (exact) mass is 554 g/mol. The Hall–Kier alpha value is -0.946. The Kier molecular flexibility index (Phi) is 8.04. The number of hydrogen-bond acceptors (Lipinski definition) is 6. The van der Waals surface area contributed by atoms with Crippen LogP contribution in [-0.2, 0) is 25.4 Å². The highest BCUT2D eigenvalue weighted by Gasteiger charge is 2.52. The van der Waals surface area contributed by atoms with E-state index in [2.05, 4.69) is 58.5 Å². The molecule has 202 valence electrons. The predicted molar refractivity (Wildman–Crippen MR) is 150 cm³/mol. The topological polar surface area (TPSA) is 64.0 Å². The normalized spacial score (nSPS) is 25.1. The average molecular weight is 555 g/mol. The van der Waals surface area contributed by atoms with Crippen LogP contribution in [0.5, 0.6) is 5.88 Å². The predicted octanol–water partition coefficient (Wildman–Crippen LogP) is 6.25. The van der Waals surface area contributed by atoms with Gasteiger partial charge in [-0.3, -0.25) is 4.57 Å². The van der Waals surface area contributed by atoms with Crippen molar-refractivity contribution in [3.05, 3.63) is 22.8 Å². The molecular formula is C26H43ClN2O5Si2. The molecule has 0 aliphatic carbocycles. The summed E-state index contributed by atoms with van der Waals surface area (Å²) in [6.45, 7) is 22.4. The number of aryl methyl sites for hydroxylation is 1. The SMILES string of the molecule is Cc1cc2c(cc(O[C@@H]3CO[C@H]4[C@@H]3OC[C@H]4O[Si](C)(C)C(C)(C)C)n2COCC[Si](C)(C)C)nc1Cl. The zero-order valence-electron chi connectivity index (χ0n) is 23.3. The second kappa shape index (κ2) is 10.3. The van der Waals surface area contributed by atoms with E-state index in [1.165, 1.54) is 0 Å². The molecule has 4 atom stereocenters. The lowest BCUT2D eigenvalue weighted by Gasteiger charge is -2.39. The Balaban J connectivity index is 1.51. The number of nitrogens with zero attached hydrogens (tertiary/aromatic N) is 2. The minimum Gasteiger partial charge on any atom is -0.470 e. The molecule has 0 amide bonds. The maximum atomic E-state index is 6.65. The molecule has 4 rings (SSSR count). The second-order valence-electron chi connectivity index (χ2n) is 12.9. The molecule has 0 spiro atoms. The molecule has 2 aliphatic heterocycles. The van der Waals surface area contributed by atoms with Crippen molar-refractivity contribution < 1.29 is 23.4 Å². The van der Waals surface area contributed by atoms with Gasteiger partial charge in [0.1, 0.15) is 24.1 Å². The highest BCUT2D eigenvalue weighted by molar-refractivity contribution is 6.76. The summed E-state index contributed by atoms with van der Waals surface area (Å²) in [4.78, 5) is 4.58. The first-order valence-corrected chi connectivity index (χ1v) is 20.0. The van der Waals surface area contributed by atoms with Crippen molar-refractivity contribution in [3.8, 4) is 5.88 Å². The van der Waals surface area contributed by atoms with Gasteiger partial charge < -0.3 is 23.4 Å². The Bertz CT molecular complexity index is 1080. The smallest absolute Gasteiger partial charge is 0.198 e. The first kappa shape index (κ1) is 28.1. The molecule has 0 bridgehead atoms. The number of pyridine rings is 1. The summed E-state index contributed by atoms with van der Waals surface area (Å²) in [5, 5.41) is 0.627. The highest BCUT2D eigenvalue weighted by Crippen LogP contribution is 2.41. The van der Waals surface area contributed by atoms with Crippen LogP contribution in [0.25, 0.3) is 11.0 Å². The van der Waals surface area contributed by atoms with Crippen molar-refractivity contribution in [1.29, 1.82) is 0 Å². The molecule has 2 fully saturated rings. The van der Waals surface area contributed by atoms with Gasteiger partial charge in [0.2, 0.25) is 0 Å². The summed E-state index contributed by atoms with van der Waals surface area (Å²) < 4.78 is 33.7. The molecule has 36 heavy (non-hydrogen) atoms. The average Bonchev–Trinajstić information content (AvgIpc) is 3.40. The van der Waals surface area contributed by atoms with Crippen LogP contribution in [0.15, 0.2) is 12.1 Å². The largest absolute Gasteiger partial charge is 0.470 e. The van der Waals surface area contributed by atoms with Crippen LogP contribution in [0.1, 0.15) is 26.3 Å². The van der Waals surface area contributed by atoms with E-state index in [1.54, 1.807) is 0 Å². The van der Waals surface area contributed by atoms with Crippen LogP contribution in [0.3, 0.4) is 0 Å². The maximum absolute atomic E-state index is 6.65. The number of hydrogen-bond donors (Lipinski definition) is 0. The standard InChI is InChI=1S/C26H43ClN2O5Si2/c1-17-12-19-18(28-25(17)27)13-22(29(19)16-30-10-11-35(5,6)7)33-20-14-31-24-21(15-32-23(20)24)34-36(8,9)26(2,3)4/h12-13,20-21,23-24H,10-11,14-16H2,1-9H3/t20-,21-,23-,24-/m1/s1. The summed E-state index contributed by atoms with van der Waals surface area (Å²) in [5.41, 5.74) is 2.66. The summed E-state index contributed by atoms with van der Waals surface area (Å²) in [6.07, 6.45) is -0.588. The van der Waals surface area contributed by atoms with Crippen LogP contribution in [0.2, 0.25) is 49.0 Å². The third-order valence-electron chi connectivity index (χ3n) is 7.68. The summed E-state index contributed by atoms with van der Waals surface area (Å²) >= 11 is 6.33. The molecule has 2 aromatic heterocycles. The van der Waals surface area contributed by atoms with E-state index in [1.807, 2.05) is 23.6 Å². The van der Waals surface area contributed by atoms with Crippen molar-refractivity contribution >= 4 is 39.0 Å². The minimum atomic E-state index is -1.94. The molecule has 2 aliphatic rings. The lowest BCUT2D eigenvalue weighted by molar-refractivity contribution is 0.00859. The van der Waals surface area contributed by atoms with Gasteiger partial charge in [0.15, 0.2) is 20.3 Å². The molecule has 0 unspecified atom stereocenters. The first-order valence-electron chi connectivity index (χ1n) is 13.0. The summed E-state index contributed by atoms with van der Waals surface area (Å²) in [7, 11) is -3.12. The summed E-state index contributed by atoms with van der Waals surface area (Å²) in [5.74, 6) is 0.693. The van der Waals surface area contributed by atoms with Gasteiger partial charge in [-0.15, -0.1) is 0 Å². The van der Waals surface area contributed by atoms with Gasteiger partial charge in [-0.05, 0) is 42.7 Å². The van der Waals surface area contributed by atoms with E-state index in [4.69, 9.17) is 35.0 Å². The lowest BCUT2D eigenvalue weighted by atomic mass is 10.1. The van der Waals surface area contributed by atoms with Crippen LogP contribution in [0.4, 0.5) is 0 Å². The molecule has 10 heteroatoms. The second-order valence-corrected chi connectivity index (χ2v) is 23.7. The number of halogens is 1. The van der Waals surface area contributed by atoms with Crippen molar-refractivity contribution in [2.75, 3.05) is 19.8 Å². The molecule has 2 aromatic rings. The Morgan fingerprint density at radius 1 is 1.06 bits per heavy atom. The maximum Gasteiger partial charge on any atom is 0.198 e. The van der Waals surface area contributed by atoms with E-state index in [-0.39, 0.29) is 29.5 Å². The van der Waals surface area contributed by atoms with Crippen molar-refractivity contribution in [2.45, 2.75) is 103 Å². The van der Waals surface area contributed by atoms with Crippen LogP contribution < -0.4 is 4.74 Å².